The zero-order valence-electron chi connectivity index (χ0n) is 23.2. The summed E-state index contributed by atoms with van der Waals surface area (Å²) in [5.41, 5.74) is 7.35. The van der Waals surface area contributed by atoms with Gasteiger partial charge in [-0.2, -0.15) is 0 Å². The molecular formula is C33H49N. The molecule has 0 spiro atoms. The first kappa shape index (κ1) is 35.4. The van der Waals surface area contributed by atoms with Crippen LogP contribution in [0.3, 0.4) is 0 Å². The Hall–Kier alpha value is -3.24. The standard InChI is InChI=1S/C19H25N.C10H16.C2H6.C2H2/c1-15(2)11-12-18(5)20(6)14-16(3)13-19-10-8-7-9-17(19)4;1-4-6-7-9-10(3)8-5-2;2*1-2/h7-13H,1,5,14H2,2-4,6H3;4,6-7,9H,1,5,8H2,2-3H3;1-2H3;1-2H/b12-11-,16-13+;7-6-,10-9+;;. The summed E-state index contributed by atoms with van der Waals surface area (Å²) in [6.07, 6.45) is 24.5. The molecule has 1 aromatic rings. The van der Waals surface area contributed by atoms with Gasteiger partial charge >= 0.3 is 0 Å². The molecule has 0 amide bonds. The zero-order chi connectivity index (χ0) is 26.9. The van der Waals surface area contributed by atoms with Crippen molar-refractivity contribution in [3.63, 3.8) is 0 Å². The second-order valence-corrected chi connectivity index (χ2v) is 7.76. The molecule has 0 bridgehead atoms. The number of terminal acetylenes is 1. The number of benzene rings is 1. The maximum atomic E-state index is 4.08. The largest absolute Gasteiger partial charge is 0.371 e. The molecule has 0 fully saturated rings. The number of aryl methyl sites for hydroxylation is 1. The average Bonchev–Trinajstić information content (AvgIpc) is 2.82. The lowest BCUT2D eigenvalue weighted by Gasteiger charge is -2.20. The van der Waals surface area contributed by atoms with Gasteiger partial charge in [0.05, 0.1) is 0 Å². The van der Waals surface area contributed by atoms with Gasteiger partial charge in [-0.1, -0.05) is 124 Å². The minimum atomic E-state index is 0.869. The van der Waals surface area contributed by atoms with Gasteiger partial charge in [0.1, 0.15) is 0 Å². The van der Waals surface area contributed by atoms with Gasteiger partial charge in [-0.15, -0.1) is 12.8 Å². The highest BCUT2D eigenvalue weighted by molar-refractivity contribution is 5.56. The van der Waals surface area contributed by atoms with Gasteiger partial charge < -0.3 is 4.90 Å². The van der Waals surface area contributed by atoms with Crippen LogP contribution in [0, 0.1) is 19.8 Å². The van der Waals surface area contributed by atoms with Crippen molar-refractivity contribution in [3.05, 3.63) is 114 Å². The third kappa shape index (κ3) is 20.7. The molecule has 0 saturated heterocycles. The molecule has 1 rings (SSSR count). The fraction of sp³-hybridized carbons (Fsp3) is 0.333. The quantitative estimate of drug-likeness (QED) is 0.248. The van der Waals surface area contributed by atoms with E-state index in [4.69, 9.17) is 0 Å². The molecule has 0 radical (unpaired) electrons. The molecule has 0 N–H and O–H groups in total. The predicted octanol–water partition coefficient (Wildman–Crippen LogP) is 9.73. The van der Waals surface area contributed by atoms with Crippen molar-refractivity contribution in [1.29, 1.82) is 0 Å². The van der Waals surface area contributed by atoms with E-state index in [0.29, 0.717) is 0 Å². The van der Waals surface area contributed by atoms with Crippen molar-refractivity contribution in [1.82, 2.24) is 4.90 Å². The number of hydrogen-bond donors (Lipinski definition) is 0. The van der Waals surface area contributed by atoms with Crippen LogP contribution in [-0.4, -0.2) is 18.5 Å². The van der Waals surface area contributed by atoms with Crippen LogP contribution in [0.15, 0.2) is 103 Å². The van der Waals surface area contributed by atoms with Gasteiger partial charge in [0.15, 0.2) is 0 Å². The molecule has 34 heavy (non-hydrogen) atoms. The van der Waals surface area contributed by atoms with Crippen LogP contribution < -0.4 is 0 Å². The fourth-order valence-electron chi connectivity index (χ4n) is 2.68. The summed E-state index contributed by atoms with van der Waals surface area (Å²) in [6.45, 7) is 27.0. The molecule has 0 aromatic heterocycles. The van der Waals surface area contributed by atoms with Crippen LogP contribution in [0.4, 0.5) is 0 Å². The monoisotopic (exact) mass is 459 g/mol. The number of likely N-dealkylation sites (N-methyl/N-ethyl adjacent to an activating group) is 1. The Labute approximate surface area is 212 Å². The minimum absolute atomic E-state index is 0.869. The van der Waals surface area contributed by atoms with Gasteiger partial charge in [0, 0.05) is 19.3 Å². The average molecular weight is 460 g/mol. The summed E-state index contributed by atoms with van der Waals surface area (Å²) in [5, 5.41) is 0. The van der Waals surface area contributed by atoms with Crippen LogP contribution >= 0.6 is 0 Å². The number of allylic oxidation sites excluding steroid dienone is 8. The van der Waals surface area contributed by atoms with E-state index in [2.05, 4.69) is 109 Å². The van der Waals surface area contributed by atoms with E-state index in [9.17, 15) is 0 Å². The molecule has 1 aromatic carbocycles. The lowest BCUT2D eigenvalue weighted by Crippen LogP contribution is -2.18. The molecule has 0 unspecified atom stereocenters. The van der Waals surface area contributed by atoms with E-state index in [1.54, 1.807) is 6.08 Å². The summed E-state index contributed by atoms with van der Waals surface area (Å²) >= 11 is 0. The molecule has 0 aliphatic heterocycles. The van der Waals surface area contributed by atoms with Crippen molar-refractivity contribution < 1.29 is 0 Å². The van der Waals surface area contributed by atoms with Gasteiger partial charge in [-0.05, 0) is 51.3 Å². The van der Waals surface area contributed by atoms with Gasteiger partial charge in [-0.3, -0.25) is 0 Å². The van der Waals surface area contributed by atoms with Crippen molar-refractivity contribution >= 4 is 6.08 Å². The van der Waals surface area contributed by atoms with E-state index in [-0.39, 0.29) is 0 Å². The van der Waals surface area contributed by atoms with Crippen LogP contribution in [0.5, 0.6) is 0 Å². The van der Waals surface area contributed by atoms with Crippen molar-refractivity contribution in [2.45, 2.75) is 61.3 Å². The highest BCUT2D eigenvalue weighted by Crippen LogP contribution is 2.13. The van der Waals surface area contributed by atoms with Gasteiger partial charge in [0.25, 0.3) is 0 Å². The number of nitrogens with zero attached hydrogens (tertiary/aromatic N) is 1. The Morgan fingerprint density at radius 3 is 2.06 bits per heavy atom. The highest BCUT2D eigenvalue weighted by Gasteiger charge is 2.01. The Balaban J connectivity index is -0.000000578. The Kier molecular flexibility index (Phi) is 25.4. The summed E-state index contributed by atoms with van der Waals surface area (Å²) in [7, 11) is 2.06. The third-order valence-electron chi connectivity index (χ3n) is 4.40. The minimum Gasteiger partial charge on any atom is -0.371 e. The molecular weight excluding hydrogens is 410 g/mol. The highest BCUT2D eigenvalue weighted by atomic mass is 15.1. The van der Waals surface area contributed by atoms with Crippen LogP contribution in [-0.2, 0) is 0 Å². The summed E-state index contributed by atoms with van der Waals surface area (Å²) in [5.74, 6) is 0. The molecule has 186 valence electrons. The van der Waals surface area contributed by atoms with E-state index >= 15 is 0 Å². The van der Waals surface area contributed by atoms with Crippen LogP contribution in [0.2, 0.25) is 0 Å². The molecule has 1 heteroatoms. The third-order valence-corrected chi connectivity index (χ3v) is 4.40. The van der Waals surface area contributed by atoms with Gasteiger partial charge in [-0.25, -0.2) is 0 Å². The maximum absolute atomic E-state index is 4.08. The molecule has 0 atom stereocenters. The molecule has 1 nitrogen and oxygen atoms in total. The van der Waals surface area contributed by atoms with Gasteiger partial charge in [0.2, 0.25) is 0 Å². The smallest absolute Gasteiger partial charge is 0.0386 e. The Morgan fingerprint density at radius 1 is 0.971 bits per heavy atom. The predicted molar refractivity (Wildman–Crippen MR) is 160 cm³/mol. The summed E-state index contributed by atoms with van der Waals surface area (Å²) in [4.78, 5) is 2.14. The fourth-order valence-corrected chi connectivity index (χ4v) is 2.68. The first-order valence-electron chi connectivity index (χ1n) is 12.0. The topological polar surface area (TPSA) is 3.24 Å². The van der Waals surface area contributed by atoms with Crippen molar-refractivity contribution in [3.8, 4) is 12.8 Å². The van der Waals surface area contributed by atoms with E-state index < -0.39 is 0 Å². The Morgan fingerprint density at radius 2 is 1.56 bits per heavy atom. The number of rotatable bonds is 10. The molecule has 0 saturated carbocycles. The van der Waals surface area contributed by atoms with E-state index in [0.717, 1.165) is 17.8 Å². The zero-order valence-corrected chi connectivity index (χ0v) is 23.2. The number of hydrogen-bond acceptors (Lipinski definition) is 1. The van der Waals surface area contributed by atoms with E-state index in [1.165, 1.54) is 35.1 Å². The summed E-state index contributed by atoms with van der Waals surface area (Å²) < 4.78 is 0. The SMILES string of the molecule is C#C.C=C(C)/C=C\C(=C)N(C)C/C(C)=C/c1ccccc1C.C=C/C=C\C=C(/C)CCC.CC. The molecule has 0 aliphatic carbocycles. The summed E-state index contributed by atoms with van der Waals surface area (Å²) in [6, 6.07) is 8.43. The van der Waals surface area contributed by atoms with Crippen molar-refractivity contribution in [2.24, 2.45) is 0 Å². The van der Waals surface area contributed by atoms with Crippen LogP contribution in [0.25, 0.3) is 6.08 Å². The molecule has 0 heterocycles. The van der Waals surface area contributed by atoms with E-state index in [1.807, 2.05) is 45.1 Å². The lowest BCUT2D eigenvalue weighted by atomic mass is 10.1. The normalized spacial score (nSPS) is 10.8. The Bertz CT molecular complexity index is 840. The first-order chi connectivity index (χ1) is 16.2. The second kappa shape index (κ2) is 24.4. The van der Waals surface area contributed by atoms with Crippen molar-refractivity contribution in [2.75, 3.05) is 13.6 Å². The maximum Gasteiger partial charge on any atom is 0.0386 e. The lowest BCUT2D eigenvalue weighted by molar-refractivity contribution is 0.471. The second-order valence-electron chi connectivity index (χ2n) is 7.76. The first-order valence-corrected chi connectivity index (χ1v) is 12.0. The van der Waals surface area contributed by atoms with Crippen LogP contribution in [0.1, 0.15) is 65.5 Å². The molecule has 0 aliphatic rings.